The summed E-state index contributed by atoms with van der Waals surface area (Å²) >= 11 is 0. The molecule has 1 N–H and O–H groups in total. The van der Waals surface area contributed by atoms with Gasteiger partial charge in [0.2, 0.25) is 0 Å². The summed E-state index contributed by atoms with van der Waals surface area (Å²) < 4.78 is 12.7. The summed E-state index contributed by atoms with van der Waals surface area (Å²) in [7, 11) is 0. The Balaban J connectivity index is 2.65. The van der Waals surface area contributed by atoms with Crippen molar-refractivity contribution in [3.05, 3.63) is 35.6 Å². The zero-order valence-electron chi connectivity index (χ0n) is 11.1. The van der Waals surface area contributed by atoms with Gasteiger partial charge in [-0.15, -0.1) is 0 Å². The van der Waals surface area contributed by atoms with Gasteiger partial charge in [-0.25, -0.2) is 4.39 Å². The van der Waals surface area contributed by atoms with Crippen molar-refractivity contribution in [3.8, 4) is 0 Å². The minimum Gasteiger partial charge on any atom is -0.389 e. The molecule has 0 fully saturated rings. The third-order valence-electron chi connectivity index (χ3n) is 2.59. The van der Waals surface area contributed by atoms with Crippen LogP contribution in [0.15, 0.2) is 24.3 Å². The normalized spacial score (nSPS) is 11.9. The zero-order chi connectivity index (χ0) is 13.8. The first-order chi connectivity index (χ1) is 8.31. The van der Waals surface area contributed by atoms with Crippen molar-refractivity contribution < 1.29 is 14.3 Å². The molecule has 1 rings (SSSR count). The molecule has 1 aromatic rings. The van der Waals surface area contributed by atoms with E-state index in [1.807, 2.05) is 11.8 Å². The first-order valence-corrected chi connectivity index (χ1v) is 6.05. The fourth-order valence-corrected chi connectivity index (χ4v) is 1.76. The van der Waals surface area contributed by atoms with Gasteiger partial charge in [-0.3, -0.25) is 9.69 Å². The molecule has 0 saturated heterocycles. The lowest BCUT2D eigenvalue weighted by molar-refractivity contribution is 0.0376. The molecular formula is C14H20FNO2. The fourth-order valence-electron chi connectivity index (χ4n) is 1.76. The zero-order valence-corrected chi connectivity index (χ0v) is 11.1. The maximum Gasteiger partial charge on any atom is 0.176 e. The highest BCUT2D eigenvalue weighted by Gasteiger charge is 2.19. The van der Waals surface area contributed by atoms with Crippen LogP contribution in [0.2, 0.25) is 0 Å². The Labute approximate surface area is 107 Å². The summed E-state index contributed by atoms with van der Waals surface area (Å²) in [6, 6.07) is 5.52. The summed E-state index contributed by atoms with van der Waals surface area (Å²) in [6.45, 7) is 6.68. The van der Waals surface area contributed by atoms with E-state index < -0.39 is 5.60 Å². The van der Waals surface area contributed by atoms with Crippen LogP contribution >= 0.6 is 0 Å². The van der Waals surface area contributed by atoms with Crippen LogP contribution in [-0.2, 0) is 0 Å². The average Bonchev–Trinajstić information content (AvgIpc) is 2.27. The summed E-state index contributed by atoms with van der Waals surface area (Å²) in [6.07, 6.45) is 0. The Morgan fingerprint density at radius 3 is 2.33 bits per heavy atom. The van der Waals surface area contributed by atoms with Gasteiger partial charge in [-0.2, -0.15) is 0 Å². The molecule has 0 aliphatic heterocycles. The number of carbonyl (C=O) groups is 1. The standard InChI is InChI=1S/C14H20FNO2/c1-4-16(10-14(2,3)18)9-13(17)11-5-7-12(15)8-6-11/h5-8,18H,4,9-10H2,1-3H3. The first kappa shape index (κ1) is 14.8. The van der Waals surface area contributed by atoms with Crippen LogP contribution in [0.4, 0.5) is 4.39 Å². The number of halogens is 1. The van der Waals surface area contributed by atoms with Gasteiger partial charge in [0, 0.05) is 12.1 Å². The lowest BCUT2D eigenvalue weighted by Gasteiger charge is -2.27. The molecule has 0 atom stereocenters. The molecule has 0 aliphatic rings. The quantitative estimate of drug-likeness (QED) is 0.789. The molecule has 0 bridgehead atoms. The summed E-state index contributed by atoms with van der Waals surface area (Å²) in [5.74, 6) is -0.420. The first-order valence-electron chi connectivity index (χ1n) is 6.05. The summed E-state index contributed by atoms with van der Waals surface area (Å²) in [5, 5.41) is 9.74. The van der Waals surface area contributed by atoms with Gasteiger partial charge in [0.05, 0.1) is 12.1 Å². The van der Waals surface area contributed by atoms with Gasteiger partial charge in [0.25, 0.3) is 0 Å². The van der Waals surface area contributed by atoms with Crippen molar-refractivity contribution in [2.24, 2.45) is 0 Å². The van der Waals surface area contributed by atoms with Gasteiger partial charge in [0.1, 0.15) is 5.82 Å². The third kappa shape index (κ3) is 4.94. The van der Waals surface area contributed by atoms with E-state index in [9.17, 15) is 14.3 Å². The van der Waals surface area contributed by atoms with Crippen molar-refractivity contribution in [1.29, 1.82) is 0 Å². The second-order valence-corrected chi connectivity index (χ2v) is 5.05. The predicted octanol–water partition coefficient (Wildman–Crippen LogP) is 2.10. The van der Waals surface area contributed by atoms with E-state index in [4.69, 9.17) is 0 Å². The molecule has 1 aromatic carbocycles. The van der Waals surface area contributed by atoms with Crippen LogP contribution in [0.3, 0.4) is 0 Å². The Morgan fingerprint density at radius 1 is 1.33 bits per heavy atom. The lowest BCUT2D eigenvalue weighted by Crippen LogP contribution is -2.41. The molecule has 18 heavy (non-hydrogen) atoms. The highest BCUT2D eigenvalue weighted by molar-refractivity contribution is 5.97. The van der Waals surface area contributed by atoms with Crippen LogP contribution in [0.1, 0.15) is 31.1 Å². The van der Waals surface area contributed by atoms with Crippen LogP contribution in [0.5, 0.6) is 0 Å². The predicted molar refractivity (Wildman–Crippen MR) is 69.1 cm³/mol. The van der Waals surface area contributed by atoms with Crippen LogP contribution in [0, 0.1) is 5.82 Å². The number of Topliss-reactive ketones (excluding diaryl/α,β-unsaturated/α-hetero) is 1. The second kappa shape index (κ2) is 6.07. The van der Waals surface area contributed by atoms with Crippen LogP contribution < -0.4 is 0 Å². The van der Waals surface area contributed by atoms with Crippen molar-refractivity contribution >= 4 is 5.78 Å². The van der Waals surface area contributed by atoms with E-state index in [1.165, 1.54) is 24.3 Å². The number of carbonyl (C=O) groups excluding carboxylic acids is 1. The van der Waals surface area contributed by atoms with Crippen molar-refractivity contribution in [3.63, 3.8) is 0 Å². The highest BCUT2D eigenvalue weighted by Crippen LogP contribution is 2.08. The number of aliphatic hydroxyl groups is 1. The smallest absolute Gasteiger partial charge is 0.176 e. The Bertz CT molecular complexity index is 395. The Kier molecular flexibility index (Phi) is 4.99. The monoisotopic (exact) mass is 253 g/mol. The number of rotatable bonds is 6. The van der Waals surface area contributed by atoms with Gasteiger partial charge in [-0.05, 0) is 44.7 Å². The number of hydrogen-bond donors (Lipinski definition) is 1. The Morgan fingerprint density at radius 2 is 1.89 bits per heavy atom. The summed E-state index contributed by atoms with van der Waals surface area (Å²) in [4.78, 5) is 13.8. The highest BCUT2D eigenvalue weighted by atomic mass is 19.1. The van der Waals surface area contributed by atoms with E-state index in [0.717, 1.165) is 0 Å². The molecule has 0 heterocycles. The molecule has 4 heteroatoms. The SMILES string of the molecule is CCN(CC(=O)c1ccc(F)cc1)CC(C)(C)O. The van der Waals surface area contributed by atoms with E-state index in [2.05, 4.69) is 0 Å². The van der Waals surface area contributed by atoms with Gasteiger partial charge in [0.15, 0.2) is 5.78 Å². The molecule has 100 valence electrons. The minimum atomic E-state index is -0.834. The summed E-state index contributed by atoms with van der Waals surface area (Å²) in [5.41, 5.74) is -0.343. The van der Waals surface area contributed by atoms with Crippen LogP contribution in [-0.4, -0.2) is 41.0 Å². The van der Waals surface area contributed by atoms with Crippen LogP contribution in [0.25, 0.3) is 0 Å². The molecule has 0 unspecified atom stereocenters. The maximum atomic E-state index is 12.7. The largest absolute Gasteiger partial charge is 0.389 e. The van der Waals surface area contributed by atoms with E-state index in [0.29, 0.717) is 18.7 Å². The van der Waals surface area contributed by atoms with Gasteiger partial charge < -0.3 is 5.11 Å². The number of hydrogen-bond acceptors (Lipinski definition) is 3. The van der Waals surface area contributed by atoms with E-state index in [-0.39, 0.29) is 18.1 Å². The molecule has 0 aliphatic carbocycles. The number of benzene rings is 1. The molecule has 0 amide bonds. The number of ketones is 1. The average molecular weight is 253 g/mol. The molecule has 0 saturated carbocycles. The van der Waals surface area contributed by atoms with Crippen molar-refractivity contribution in [2.45, 2.75) is 26.4 Å². The van der Waals surface area contributed by atoms with E-state index in [1.54, 1.807) is 13.8 Å². The molecule has 0 aromatic heterocycles. The van der Waals surface area contributed by atoms with Crippen molar-refractivity contribution in [1.82, 2.24) is 4.90 Å². The topological polar surface area (TPSA) is 40.5 Å². The fraction of sp³-hybridized carbons (Fsp3) is 0.500. The molecule has 3 nitrogen and oxygen atoms in total. The molecule has 0 radical (unpaired) electrons. The third-order valence-corrected chi connectivity index (χ3v) is 2.59. The Hall–Kier alpha value is -1.26. The number of nitrogens with zero attached hydrogens (tertiary/aromatic N) is 1. The van der Waals surface area contributed by atoms with Gasteiger partial charge >= 0.3 is 0 Å². The lowest BCUT2D eigenvalue weighted by atomic mass is 10.1. The number of likely N-dealkylation sites (N-methyl/N-ethyl adjacent to an activating group) is 1. The molecular weight excluding hydrogens is 233 g/mol. The minimum absolute atomic E-state index is 0.0684. The molecule has 0 spiro atoms. The second-order valence-electron chi connectivity index (χ2n) is 5.05. The maximum absolute atomic E-state index is 12.7. The van der Waals surface area contributed by atoms with Gasteiger partial charge in [-0.1, -0.05) is 6.92 Å². The van der Waals surface area contributed by atoms with Crippen molar-refractivity contribution in [2.75, 3.05) is 19.6 Å². The van der Waals surface area contributed by atoms with E-state index >= 15 is 0 Å².